The number of hydrogen-bond acceptors (Lipinski definition) is 3. The number of fused-ring (bicyclic) bond motifs is 1. The summed E-state index contributed by atoms with van der Waals surface area (Å²) in [5, 5.41) is 4.50. The van der Waals surface area contributed by atoms with Gasteiger partial charge in [-0.25, -0.2) is 9.82 Å². The molecule has 2 aromatic carbocycles. The van der Waals surface area contributed by atoms with Crippen molar-refractivity contribution in [2.45, 2.75) is 26.3 Å². The Hall–Kier alpha value is -2.66. The van der Waals surface area contributed by atoms with Crippen LogP contribution in [-0.2, 0) is 0 Å². The number of anilines is 1. The predicted molar refractivity (Wildman–Crippen MR) is 109 cm³/mol. The van der Waals surface area contributed by atoms with Gasteiger partial charge in [0.2, 0.25) is 0 Å². The molecule has 1 heterocycles. The van der Waals surface area contributed by atoms with Crippen LogP contribution in [0.5, 0.6) is 0 Å². The first-order valence-electron chi connectivity index (χ1n) is 8.55. The van der Waals surface area contributed by atoms with Crippen LogP contribution >= 0.6 is 11.6 Å². The zero-order valence-corrected chi connectivity index (χ0v) is 16.4. The van der Waals surface area contributed by atoms with E-state index in [0.717, 1.165) is 22.9 Å². The molecule has 0 radical (unpaired) electrons. The SMILES string of the molecule is CC1=CC(C)(C)N(C)c2cc(Cl)c(/C=N\NC(=O)c3cccc(F)c3)cc21. The van der Waals surface area contributed by atoms with Crippen LogP contribution < -0.4 is 10.3 Å². The summed E-state index contributed by atoms with van der Waals surface area (Å²) >= 11 is 6.42. The first-order valence-corrected chi connectivity index (χ1v) is 8.93. The van der Waals surface area contributed by atoms with E-state index >= 15 is 0 Å². The monoisotopic (exact) mass is 385 g/mol. The summed E-state index contributed by atoms with van der Waals surface area (Å²) in [4.78, 5) is 14.2. The maximum atomic E-state index is 13.2. The molecule has 1 aliphatic rings. The molecule has 0 aromatic heterocycles. The molecule has 1 amide bonds. The van der Waals surface area contributed by atoms with E-state index in [1.807, 2.05) is 19.2 Å². The normalized spacial score (nSPS) is 15.5. The van der Waals surface area contributed by atoms with Crippen molar-refractivity contribution < 1.29 is 9.18 Å². The lowest BCUT2D eigenvalue weighted by molar-refractivity contribution is 0.0954. The molecule has 27 heavy (non-hydrogen) atoms. The van der Waals surface area contributed by atoms with Gasteiger partial charge >= 0.3 is 0 Å². The summed E-state index contributed by atoms with van der Waals surface area (Å²) < 4.78 is 13.2. The predicted octanol–water partition coefficient (Wildman–Crippen LogP) is 4.87. The smallest absolute Gasteiger partial charge is 0.271 e. The second-order valence-electron chi connectivity index (χ2n) is 7.14. The number of carbonyl (C=O) groups excluding carboxylic acids is 1. The van der Waals surface area contributed by atoms with E-state index in [1.165, 1.54) is 24.4 Å². The maximum absolute atomic E-state index is 13.2. The second-order valence-corrected chi connectivity index (χ2v) is 7.55. The topological polar surface area (TPSA) is 44.7 Å². The molecule has 0 unspecified atom stereocenters. The van der Waals surface area contributed by atoms with Crippen LogP contribution in [0, 0.1) is 5.82 Å². The molecule has 0 saturated carbocycles. The fourth-order valence-electron chi connectivity index (χ4n) is 3.14. The van der Waals surface area contributed by atoms with Crippen LogP contribution in [0.3, 0.4) is 0 Å². The highest BCUT2D eigenvalue weighted by Crippen LogP contribution is 2.40. The number of carbonyl (C=O) groups is 1. The third-order valence-corrected chi connectivity index (χ3v) is 5.12. The molecule has 2 aromatic rings. The van der Waals surface area contributed by atoms with Crippen LogP contribution in [-0.4, -0.2) is 24.7 Å². The summed E-state index contributed by atoms with van der Waals surface area (Å²) in [6, 6.07) is 9.29. The molecule has 1 aliphatic heterocycles. The molecule has 0 atom stereocenters. The summed E-state index contributed by atoms with van der Waals surface area (Å²) in [7, 11) is 2.03. The molecule has 0 fully saturated rings. The summed E-state index contributed by atoms with van der Waals surface area (Å²) in [5.74, 6) is -0.962. The zero-order chi connectivity index (χ0) is 19.8. The van der Waals surface area contributed by atoms with E-state index < -0.39 is 11.7 Å². The van der Waals surface area contributed by atoms with E-state index in [0.29, 0.717) is 10.6 Å². The summed E-state index contributed by atoms with van der Waals surface area (Å²) in [5.41, 5.74) is 6.46. The van der Waals surface area contributed by atoms with E-state index in [2.05, 4.69) is 42.3 Å². The van der Waals surface area contributed by atoms with Gasteiger partial charge in [0.25, 0.3) is 5.91 Å². The molecule has 140 valence electrons. The largest absolute Gasteiger partial charge is 0.365 e. The minimum atomic E-state index is -0.489. The van der Waals surface area contributed by atoms with Crippen molar-refractivity contribution in [3.63, 3.8) is 0 Å². The molecular weight excluding hydrogens is 365 g/mol. The summed E-state index contributed by atoms with van der Waals surface area (Å²) in [6.45, 7) is 6.35. The van der Waals surface area contributed by atoms with Crippen LogP contribution in [0.2, 0.25) is 5.02 Å². The Morgan fingerprint density at radius 3 is 2.74 bits per heavy atom. The third-order valence-electron chi connectivity index (χ3n) is 4.79. The molecular formula is C21H21ClFN3O. The van der Waals surface area contributed by atoms with Gasteiger partial charge in [-0.3, -0.25) is 4.79 Å². The summed E-state index contributed by atoms with van der Waals surface area (Å²) in [6.07, 6.45) is 3.70. The number of likely N-dealkylation sites (N-methyl/N-ethyl adjacent to an activating group) is 1. The zero-order valence-electron chi connectivity index (χ0n) is 15.7. The Labute approximate surface area is 163 Å². The van der Waals surface area contributed by atoms with Gasteiger partial charge in [0.1, 0.15) is 5.82 Å². The van der Waals surface area contributed by atoms with Gasteiger partial charge < -0.3 is 4.90 Å². The van der Waals surface area contributed by atoms with Crippen LogP contribution in [0.4, 0.5) is 10.1 Å². The Morgan fingerprint density at radius 1 is 1.30 bits per heavy atom. The lowest BCUT2D eigenvalue weighted by atomic mass is 9.88. The second kappa shape index (κ2) is 7.16. The van der Waals surface area contributed by atoms with Crippen molar-refractivity contribution in [2.24, 2.45) is 5.10 Å². The van der Waals surface area contributed by atoms with Crippen molar-refractivity contribution in [2.75, 3.05) is 11.9 Å². The highest BCUT2D eigenvalue weighted by atomic mass is 35.5. The van der Waals surface area contributed by atoms with E-state index in [1.54, 1.807) is 0 Å². The quantitative estimate of drug-likeness (QED) is 0.604. The fourth-order valence-corrected chi connectivity index (χ4v) is 3.35. The van der Waals surface area contributed by atoms with Crippen molar-refractivity contribution in [3.05, 3.63) is 70.0 Å². The van der Waals surface area contributed by atoms with E-state index in [-0.39, 0.29) is 11.1 Å². The Morgan fingerprint density at radius 2 is 2.04 bits per heavy atom. The van der Waals surface area contributed by atoms with Crippen molar-refractivity contribution in [1.29, 1.82) is 0 Å². The molecule has 4 nitrogen and oxygen atoms in total. The molecule has 0 saturated heterocycles. The van der Waals surface area contributed by atoms with E-state index in [4.69, 9.17) is 11.6 Å². The minimum absolute atomic E-state index is 0.102. The van der Waals surface area contributed by atoms with Crippen molar-refractivity contribution in [3.8, 4) is 0 Å². The van der Waals surface area contributed by atoms with Crippen LogP contribution in [0.15, 0.2) is 47.6 Å². The number of allylic oxidation sites excluding steroid dienone is 1. The number of hydrogen-bond donors (Lipinski definition) is 1. The Kier molecular flexibility index (Phi) is 5.07. The highest BCUT2D eigenvalue weighted by Gasteiger charge is 2.29. The van der Waals surface area contributed by atoms with Gasteiger partial charge in [0.05, 0.1) is 16.8 Å². The maximum Gasteiger partial charge on any atom is 0.271 e. The molecule has 0 bridgehead atoms. The lowest BCUT2D eigenvalue weighted by Gasteiger charge is -2.40. The average molecular weight is 386 g/mol. The first kappa shape index (κ1) is 19.1. The number of rotatable bonds is 3. The highest BCUT2D eigenvalue weighted by molar-refractivity contribution is 6.33. The molecule has 6 heteroatoms. The van der Waals surface area contributed by atoms with Crippen LogP contribution in [0.1, 0.15) is 42.3 Å². The molecule has 0 aliphatic carbocycles. The number of nitrogens with zero attached hydrogens (tertiary/aromatic N) is 2. The van der Waals surface area contributed by atoms with Gasteiger partial charge in [-0.1, -0.05) is 23.7 Å². The minimum Gasteiger partial charge on any atom is -0.365 e. The number of amides is 1. The first-order chi connectivity index (χ1) is 12.7. The van der Waals surface area contributed by atoms with Crippen molar-refractivity contribution >= 4 is 35.0 Å². The lowest BCUT2D eigenvalue weighted by Crippen LogP contribution is -2.42. The fraction of sp³-hybridized carbons (Fsp3) is 0.238. The van der Waals surface area contributed by atoms with Gasteiger partial charge in [-0.15, -0.1) is 0 Å². The van der Waals surface area contributed by atoms with Gasteiger partial charge in [-0.05, 0) is 56.7 Å². The number of hydrazone groups is 1. The van der Waals surface area contributed by atoms with Gasteiger partial charge in [0.15, 0.2) is 0 Å². The molecule has 1 N–H and O–H groups in total. The Bertz CT molecular complexity index is 966. The number of benzene rings is 2. The van der Waals surface area contributed by atoms with E-state index in [9.17, 15) is 9.18 Å². The number of halogens is 2. The van der Waals surface area contributed by atoms with Crippen LogP contribution in [0.25, 0.3) is 5.57 Å². The average Bonchev–Trinajstić information content (AvgIpc) is 2.60. The van der Waals surface area contributed by atoms with Gasteiger partial charge in [0, 0.05) is 29.4 Å². The number of nitrogens with one attached hydrogen (secondary N) is 1. The van der Waals surface area contributed by atoms with Crippen molar-refractivity contribution in [1.82, 2.24) is 5.43 Å². The molecule has 3 rings (SSSR count). The molecule has 0 spiro atoms. The third kappa shape index (κ3) is 3.88. The Balaban J connectivity index is 1.83. The van der Waals surface area contributed by atoms with Gasteiger partial charge in [-0.2, -0.15) is 5.10 Å². The standard InChI is InChI=1S/C21H21ClFN3O/c1-13-11-21(2,3)26(4)19-10-18(22)15(9-17(13)19)12-24-25-20(27)14-6-5-7-16(23)8-14/h5-12H,1-4H3,(H,25,27)/b24-12-.